The summed E-state index contributed by atoms with van der Waals surface area (Å²) in [6.45, 7) is 2.82. The van der Waals surface area contributed by atoms with Gasteiger partial charge in [0.15, 0.2) is 0 Å². The highest BCUT2D eigenvalue weighted by Gasteiger charge is 2.28. The quantitative estimate of drug-likeness (QED) is 0.841. The minimum absolute atomic E-state index is 0.286. The zero-order valence-corrected chi connectivity index (χ0v) is 12.1. The second-order valence-corrected chi connectivity index (χ2v) is 6.17. The van der Waals surface area contributed by atoms with Gasteiger partial charge in [0.25, 0.3) is 5.91 Å². The standard InChI is InChI=1S/C16H22FN3O/c17-12-5-6-15(14(8-12)16(18)21)20(9-11-3-4-11)10-13-2-1-7-19-13/h5-6,8,11,13,19H,1-4,7,9-10H2,(H2,18,21). The van der Waals surface area contributed by atoms with Crippen LogP contribution in [0.15, 0.2) is 18.2 Å². The number of nitrogens with two attached hydrogens (primary N) is 1. The SMILES string of the molecule is NC(=O)c1cc(F)ccc1N(CC1CC1)CC1CCCN1. The van der Waals surface area contributed by atoms with E-state index in [4.69, 9.17) is 5.73 Å². The molecular formula is C16H22FN3O. The third-order valence-electron chi connectivity index (χ3n) is 4.34. The molecule has 1 aliphatic carbocycles. The number of halogens is 1. The maximum absolute atomic E-state index is 13.4. The summed E-state index contributed by atoms with van der Waals surface area (Å²) in [4.78, 5) is 13.8. The first-order chi connectivity index (χ1) is 10.1. The number of nitrogens with zero attached hydrogens (tertiary/aromatic N) is 1. The number of primary amides is 1. The molecule has 1 atom stereocenters. The lowest BCUT2D eigenvalue weighted by Crippen LogP contribution is -2.39. The largest absolute Gasteiger partial charge is 0.369 e. The highest BCUT2D eigenvalue weighted by Crippen LogP contribution is 2.33. The van der Waals surface area contributed by atoms with Crippen LogP contribution in [0.3, 0.4) is 0 Å². The molecular weight excluding hydrogens is 269 g/mol. The van der Waals surface area contributed by atoms with Crippen LogP contribution in [0.1, 0.15) is 36.0 Å². The molecule has 2 aliphatic rings. The van der Waals surface area contributed by atoms with Gasteiger partial charge in [-0.2, -0.15) is 0 Å². The van der Waals surface area contributed by atoms with Gasteiger partial charge in [0.1, 0.15) is 5.82 Å². The third-order valence-corrected chi connectivity index (χ3v) is 4.34. The summed E-state index contributed by atoms with van der Waals surface area (Å²) in [5, 5.41) is 3.48. The highest BCUT2D eigenvalue weighted by atomic mass is 19.1. The molecule has 1 unspecified atom stereocenters. The predicted molar refractivity (Wildman–Crippen MR) is 80.9 cm³/mol. The van der Waals surface area contributed by atoms with E-state index in [9.17, 15) is 9.18 Å². The van der Waals surface area contributed by atoms with Crippen molar-refractivity contribution in [3.8, 4) is 0 Å². The molecule has 0 radical (unpaired) electrons. The fraction of sp³-hybridized carbons (Fsp3) is 0.562. The summed E-state index contributed by atoms with van der Waals surface area (Å²) in [6, 6.07) is 4.78. The fourth-order valence-corrected chi connectivity index (χ4v) is 3.04. The second-order valence-electron chi connectivity index (χ2n) is 6.17. The van der Waals surface area contributed by atoms with Crippen LogP contribution in [0.5, 0.6) is 0 Å². The Balaban J connectivity index is 1.85. The van der Waals surface area contributed by atoms with Gasteiger partial charge in [0.05, 0.1) is 5.56 Å². The van der Waals surface area contributed by atoms with Crippen LogP contribution in [0.25, 0.3) is 0 Å². The molecule has 4 nitrogen and oxygen atoms in total. The first-order valence-corrected chi connectivity index (χ1v) is 7.71. The number of nitrogens with one attached hydrogen (secondary N) is 1. The molecule has 1 aliphatic heterocycles. The number of carbonyl (C=O) groups excluding carboxylic acids is 1. The van der Waals surface area contributed by atoms with Crippen LogP contribution < -0.4 is 16.0 Å². The fourth-order valence-electron chi connectivity index (χ4n) is 3.04. The first-order valence-electron chi connectivity index (χ1n) is 7.71. The highest BCUT2D eigenvalue weighted by molar-refractivity contribution is 5.98. The van der Waals surface area contributed by atoms with E-state index in [1.165, 1.54) is 31.4 Å². The van der Waals surface area contributed by atoms with Crippen LogP contribution in [0.2, 0.25) is 0 Å². The topological polar surface area (TPSA) is 58.4 Å². The van der Waals surface area contributed by atoms with Crippen molar-refractivity contribution >= 4 is 11.6 Å². The molecule has 1 saturated carbocycles. The van der Waals surface area contributed by atoms with Crippen LogP contribution >= 0.6 is 0 Å². The summed E-state index contributed by atoms with van der Waals surface area (Å²) >= 11 is 0. The summed E-state index contributed by atoms with van der Waals surface area (Å²) < 4.78 is 13.4. The Hall–Kier alpha value is -1.62. The van der Waals surface area contributed by atoms with E-state index in [1.54, 1.807) is 6.07 Å². The first kappa shape index (κ1) is 14.3. The lowest BCUT2D eigenvalue weighted by Gasteiger charge is -2.29. The van der Waals surface area contributed by atoms with Gasteiger partial charge in [-0.15, -0.1) is 0 Å². The van der Waals surface area contributed by atoms with Crippen molar-refractivity contribution in [3.63, 3.8) is 0 Å². The molecule has 0 bridgehead atoms. The lowest BCUT2D eigenvalue weighted by molar-refractivity contribution is 0.1000. The number of amides is 1. The molecule has 1 aromatic carbocycles. The number of hydrogen-bond acceptors (Lipinski definition) is 3. The normalized spacial score (nSPS) is 21.5. The van der Waals surface area contributed by atoms with Crippen molar-refractivity contribution in [2.45, 2.75) is 31.7 Å². The molecule has 0 spiro atoms. The van der Waals surface area contributed by atoms with Gasteiger partial charge in [-0.25, -0.2) is 4.39 Å². The van der Waals surface area contributed by atoms with Crippen LogP contribution in [-0.2, 0) is 0 Å². The van der Waals surface area contributed by atoms with Crippen molar-refractivity contribution < 1.29 is 9.18 Å². The number of hydrogen-bond donors (Lipinski definition) is 2. The van der Waals surface area contributed by atoms with Gasteiger partial charge in [-0.1, -0.05) is 0 Å². The van der Waals surface area contributed by atoms with Gasteiger partial charge >= 0.3 is 0 Å². The van der Waals surface area contributed by atoms with Gasteiger partial charge in [-0.05, 0) is 56.3 Å². The molecule has 21 heavy (non-hydrogen) atoms. The molecule has 5 heteroatoms. The number of benzene rings is 1. The van der Waals surface area contributed by atoms with E-state index in [0.29, 0.717) is 12.0 Å². The molecule has 2 fully saturated rings. The van der Waals surface area contributed by atoms with Crippen LogP contribution in [-0.4, -0.2) is 31.6 Å². The molecule has 1 aromatic rings. The summed E-state index contributed by atoms with van der Waals surface area (Å²) in [7, 11) is 0. The smallest absolute Gasteiger partial charge is 0.250 e. The molecule has 1 saturated heterocycles. The van der Waals surface area contributed by atoms with Gasteiger partial charge < -0.3 is 16.0 Å². The van der Waals surface area contributed by atoms with Crippen molar-refractivity contribution in [3.05, 3.63) is 29.6 Å². The zero-order chi connectivity index (χ0) is 14.8. The minimum Gasteiger partial charge on any atom is -0.369 e. The lowest BCUT2D eigenvalue weighted by atomic mass is 10.1. The van der Waals surface area contributed by atoms with Gasteiger partial charge in [0.2, 0.25) is 0 Å². The zero-order valence-electron chi connectivity index (χ0n) is 12.1. The van der Waals surface area contributed by atoms with E-state index in [0.717, 1.165) is 31.7 Å². The third kappa shape index (κ3) is 3.53. The van der Waals surface area contributed by atoms with Crippen molar-refractivity contribution in [1.29, 1.82) is 0 Å². The molecule has 1 amide bonds. The molecule has 1 heterocycles. The van der Waals surface area contributed by atoms with Gasteiger partial charge in [-0.3, -0.25) is 4.79 Å². The Labute approximate surface area is 124 Å². The van der Waals surface area contributed by atoms with Crippen molar-refractivity contribution in [2.75, 3.05) is 24.5 Å². The molecule has 3 N–H and O–H groups in total. The number of carbonyl (C=O) groups is 1. The van der Waals surface area contributed by atoms with Crippen molar-refractivity contribution in [1.82, 2.24) is 5.32 Å². The van der Waals surface area contributed by atoms with E-state index < -0.39 is 11.7 Å². The minimum atomic E-state index is -0.565. The van der Waals surface area contributed by atoms with E-state index >= 15 is 0 Å². The van der Waals surface area contributed by atoms with Crippen LogP contribution in [0, 0.1) is 11.7 Å². The second kappa shape index (κ2) is 6.02. The molecule has 0 aromatic heterocycles. The van der Waals surface area contributed by atoms with E-state index in [-0.39, 0.29) is 5.56 Å². The Morgan fingerprint density at radius 1 is 1.33 bits per heavy atom. The predicted octanol–water partition coefficient (Wildman–Crippen LogP) is 1.89. The number of anilines is 1. The monoisotopic (exact) mass is 291 g/mol. The number of rotatable bonds is 6. The molecule has 3 rings (SSSR count). The molecule has 114 valence electrons. The average Bonchev–Trinajstić information content (AvgIpc) is 3.11. The van der Waals surface area contributed by atoms with Gasteiger partial charge in [0, 0.05) is 24.8 Å². The Bertz CT molecular complexity index is 524. The Morgan fingerprint density at radius 3 is 2.76 bits per heavy atom. The van der Waals surface area contributed by atoms with E-state index in [1.807, 2.05) is 0 Å². The Morgan fingerprint density at radius 2 is 2.14 bits per heavy atom. The average molecular weight is 291 g/mol. The Kier molecular flexibility index (Phi) is 4.10. The van der Waals surface area contributed by atoms with Crippen LogP contribution in [0.4, 0.5) is 10.1 Å². The maximum atomic E-state index is 13.4. The van der Waals surface area contributed by atoms with E-state index in [2.05, 4.69) is 10.2 Å². The summed E-state index contributed by atoms with van der Waals surface area (Å²) in [5.74, 6) is -0.292. The van der Waals surface area contributed by atoms with Crippen molar-refractivity contribution in [2.24, 2.45) is 11.7 Å². The maximum Gasteiger partial charge on any atom is 0.250 e. The summed E-state index contributed by atoms with van der Waals surface area (Å²) in [6.07, 6.45) is 4.81. The summed E-state index contributed by atoms with van der Waals surface area (Å²) in [5.41, 5.74) is 6.48.